The van der Waals surface area contributed by atoms with Gasteiger partial charge in [0.05, 0.1) is 14.2 Å². The van der Waals surface area contributed by atoms with Crippen molar-refractivity contribution in [1.29, 1.82) is 0 Å². The van der Waals surface area contributed by atoms with Crippen molar-refractivity contribution in [3.63, 3.8) is 0 Å². The standard InChI is InChI=1S/C10H15NO2/c1-4-11-8-5-6-9(12-2)10(7-8)13-3/h5-7,11H,4H2,1-3H3. The van der Waals surface area contributed by atoms with Crippen LogP contribution in [0.2, 0.25) is 0 Å². The molecule has 0 radical (unpaired) electrons. The van der Waals surface area contributed by atoms with E-state index < -0.39 is 0 Å². The molecule has 0 spiro atoms. The van der Waals surface area contributed by atoms with E-state index in [1.807, 2.05) is 18.2 Å². The fourth-order valence-corrected chi connectivity index (χ4v) is 1.15. The Balaban J connectivity index is 2.91. The number of rotatable bonds is 4. The van der Waals surface area contributed by atoms with Crippen LogP contribution >= 0.6 is 0 Å². The molecular formula is C10H15NO2. The molecule has 0 aliphatic rings. The van der Waals surface area contributed by atoms with Crippen molar-refractivity contribution in [3.8, 4) is 11.5 Å². The summed E-state index contributed by atoms with van der Waals surface area (Å²) in [5, 5.41) is 3.20. The second kappa shape index (κ2) is 4.60. The highest BCUT2D eigenvalue weighted by Crippen LogP contribution is 2.29. The van der Waals surface area contributed by atoms with E-state index in [9.17, 15) is 0 Å². The number of benzene rings is 1. The van der Waals surface area contributed by atoms with E-state index in [4.69, 9.17) is 9.47 Å². The lowest BCUT2D eigenvalue weighted by molar-refractivity contribution is 0.355. The number of hydrogen-bond acceptors (Lipinski definition) is 3. The zero-order valence-electron chi connectivity index (χ0n) is 8.26. The summed E-state index contributed by atoms with van der Waals surface area (Å²) in [5.74, 6) is 1.50. The summed E-state index contributed by atoms with van der Waals surface area (Å²) in [5.41, 5.74) is 1.04. The van der Waals surface area contributed by atoms with Crippen molar-refractivity contribution in [2.75, 3.05) is 26.1 Å². The lowest BCUT2D eigenvalue weighted by Gasteiger charge is -2.09. The Bertz CT molecular complexity index is 274. The van der Waals surface area contributed by atoms with Gasteiger partial charge in [-0.1, -0.05) is 0 Å². The van der Waals surface area contributed by atoms with E-state index in [1.165, 1.54) is 0 Å². The molecule has 1 rings (SSSR count). The molecule has 72 valence electrons. The average Bonchev–Trinajstić information content (AvgIpc) is 2.18. The van der Waals surface area contributed by atoms with Gasteiger partial charge in [-0.25, -0.2) is 0 Å². The number of anilines is 1. The zero-order valence-corrected chi connectivity index (χ0v) is 8.26. The third-order valence-electron chi connectivity index (χ3n) is 1.76. The second-order valence-corrected chi connectivity index (χ2v) is 2.60. The van der Waals surface area contributed by atoms with Gasteiger partial charge in [0.1, 0.15) is 0 Å². The molecule has 13 heavy (non-hydrogen) atoms. The lowest BCUT2D eigenvalue weighted by atomic mass is 10.2. The highest BCUT2D eigenvalue weighted by atomic mass is 16.5. The van der Waals surface area contributed by atoms with Gasteiger partial charge in [0, 0.05) is 18.3 Å². The van der Waals surface area contributed by atoms with Gasteiger partial charge in [-0.15, -0.1) is 0 Å². The second-order valence-electron chi connectivity index (χ2n) is 2.60. The van der Waals surface area contributed by atoms with Crippen LogP contribution in [0.5, 0.6) is 11.5 Å². The molecule has 1 aromatic rings. The molecular weight excluding hydrogens is 166 g/mol. The summed E-state index contributed by atoms with van der Waals surface area (Å²) in [6.07, 6.45) is 0. The van der Waals surface area contributed by atoms with Crippen LogP contribution in [0.25, 0.3) is 0 Å². The molecule has 0 fully saturated rings. The summed E-state index contributed by atoms with van der Waals surface area (Å²) in [4.78, 5) is 0. The molecule has 3 heteroatoms. The molecule has 0 aliphatic carbocycles. The fourth-order valence-electron chi connectivity index (χ4n) is 1.15. The lowest BCUT2D eigenvalue weighted by Crippen LogP contribution is -1.97. The molecule has 0 amide bonds. The van der Waals surface area contributed by atoms with Crippen molar-refractivity contribution in [1.82, 2.24) is 0 Å². The topological polar surface area (TPSA) is 30.5 Å². The largest absolute Gasteiger partial charge is 0.493 e. The van der Waals surface area contributed by atoms with E-state index in [0.717, 1.165) is 23.7 Å². The van der Waals surface area contributed by atoms with Gasteiger partial charge < -0.3 is 14.8 Å². The minimum absolute atomic E-state index is 0.751. The first kappa shape index (κ1) is 9.71. The highest BCUT2D eigenvalue weighted by Gasteiger charge is 2.02. The summed E-state index contributed by atoms with van der Waals surface area (Å²) < 4.78 is 10.3. The molecule has 1 N–H and O–H groups in total. The first-order valence-electron chi connectivity index (χ1n) is 4.27. The van der Waals surface area contributed by atoms with Crippen LogP contribution in [0.3, 0.4) is 0 Å². The van der Waals surface area contributed by atoms with Crippen molar-refractivity contribution < 1.29 is 9.47 Å². The Labute approximate surface area is 78.7 Å². The number of hydrogen-bond donors (Lipinski definition) is 1. The minimum Gasteiger partial charge on any atom is -0.493 e. The molecule has 1 aromatic carbocycles. The van der Waals surface area contributed by atoms with Gasteiger partial charge in [-0.2, -0.15) is 0 Å². The van der Waals surface area contributed by atoms with Crippen molar-refractivity contribution >= 4 is 5.69 Å². The molecule has 0 unspecified atom stereocenters. The van der Waals surface area contributed by atoms with E-state index in [1.54, 1.807) is 14.2 Å². The molecule has 0 aliphatic heterocycles. The maximum absolute atomic E-state index is 5.16. The van der Waals surface area contributed by atoms with E-state index in [-0.39, 0.29) is 0 Å². The van der Waals surface area contributed by atoms with Gasteiger partial charge in [-0.05, 0) is 19.1 Å². The van der Waals surface area contributed by atoms with Crippen molar-refractivity contribution in [3.05, 3.63) is 18.2 Å². The maximum atomic E-state index is 5.16. The van der Waals surface area contributed by atoms with Crippen molar-refractivity contribution in [2.24, 2.45) is 0 Å². The van der Waals surface area contributed by atoms with E-state index in [2.05, 4.69) is 12.2 Å². The third-order valence-corrected chi connectivity index (χ3v) is 1.76. The zero-order chi connectivity index (χ0) is 9.68. The van der Waals surface area contributed by atoms with Crippen LogP contribution in [0.1, 0.15) is 6.92 Å². The SMILES string of the molecule is CCNc1ccc(OC)c(OC)c1. The van der Waals surface area contributed by atoms with Crippen LogP contribution in [0.15, 0.2) is 18.2 Å². The maximum Gasteiger partial charge on any atom is 0.162 e. The first-order valence-corrected chi connectivity index (χ1v) is 4.27. The summed E-state index contributed by atoms with van der Waals surface area (Å²) in [6.45, 7) is 2.95. The summed E-state index contributed by atoms with van der Waals surface area (Å²) in [7, 11) is 3.26. The first-order chi connectivity index (χ1) is 6.31. The minimum atomic E-state index is 0.751. The smallest absolute Gasteiger partial charge is 0.162 e. The molecule has 0 heterocycles. The Morgan fingerprint density at radius 1 is 1.15 bits per heavy atom. The number of ether oxygens (including phenoxy) is 2. The van der Waals surface area contributed by atoms with Gasteiger partial charge in [0.15, 0.2) is 11.5 Å². The average molecular weight is 181 g/mol. The molecule has 3 nitrogen and oxygen atoms in total. The van der Waals surface area contributed by atoms with Crippen LogP contribution in [-0.4, -0.2) is 20.8 Å². The Morgan fingerprint density at radius 3 is 2.38 bits per heavy atom. The molecule has 0 atom stereocenters. The van der Waals surface area contributed by atoms with Gasteiger partial charge in [0.2, 0.25) is 0 Å². The predicted octanol–water partition coefficient (Wildman–Crippen LogP) is 2.14. The molecule has 0 aromatic heterocycles. The molecule has 0 saturated heterocycles. The third kappa shape index (κ3) is 2.28. The molecule has 0 bridgehead atoms. The normalized spacial score (nSPS) is 9.46. The quantitative estimate of drug-likeness (QED) is 0.771. The van der Waals surface area contributed by atoms with Gasteiger partial charge >= 0.3 is 0 Å². The summed E-state index contributed by atoms with van der Waals surface area (Å²) >= 11 is 0. The molecule has 0 saturated carbocycles. The van der Waals surface area contributed by atoms with Crippen LogP contribution < -0.4 is 14.8 Å². The predicted molar refractivity (Wildman–Crippen MR) is 53.7 cm³/mol. The van der Waals surface area contributed by atoms with Crippen molar-refractivity contribution in [2.45, 2.75) is 6.92 Å². The number of nitrogens with one attached hydrogen (secondary N) is 1. The van der Waals surface area contributed by atoms with E-state index >= 15 is 0 Å². The Morgan fingerprint density at radius 2 is 1.85 bits per heavy atom. The number of methoxy groups -OCH3 is 2. The van der Waals surface area contributed by atoms with E-state index in [0.29, 0.717) is 0 Å². The van der Waals surface area contributed by atoms with Crippen LogP contribution in [-0.2, 0) is 0 Å². The van der Waals surface area contributed by atoms with Crippen LogP contribution in [0, 0.1) is 0 Å². The summed E-state index contributed by atoms with van der Waals surface area (Å²) in [6, 6.07) is 5.77. The highest BCUT2D eigenvalue weighted by molar-refractivity contribution is 5.54. The monoisotopic (exact) mass is 181 g/mol. The van der Waals surface area contributed by atoms with Crippen LogP contribution in [0.4, 0.5) is 5.69 Å². The van der Waals surface area contributed by atoms with Gasteiger partial charge in [-0.3, -0.25) is 0 Å². The Hall–Kier alpha value is -1.38. The fraction of sp³-hybridized carbons (Fsp3) is 0.400. The Kier molecular flexibility index (Phi) is 3.43. The van der Waals surface area contributed by atoms with Gasteiger partial charge in [0.25, 0.3) is 0 Å².